The maximum Gasteiger partial charge on any atom is 0.132 e. The molecule has 24 heavy (non-hydrogen) atoms. The minimum absolute atomic E-state index is 0.161. The van der Waals surface area contributed by atoms with Gasteiger partial charge in [0.25, 0.3) is 0 Å². The molecule has 0 bridgehead atoms. The summed E-state index contributed by atoms with van der Waals surface area (Å²) in [7, 11) is 0. The second-order valence-electron chi connectivity index (χ2n) is 6.98. The van der Waals surface area contributed by atoms with Gasteiger partial charge in [-0.3, -0.25) is 0 Å². The van der Waals surface area contributed by atoms with E-state index in [0.29, 0.717) is 17.6 Å². The summed E-state index contributed by atoms with van der Waals surface area (Å²) in [6, 6.07) is 9.71. The Morgan fingerprint density at radius 3 is 2.50 bits per heavy atom. The Balaban J connectivity index is 1.41. The lowest BCUT2D eigenvalue weighted by Gasteiger charge is -2.34. The number of piperidine rings is 1. The number of aliphatic hydroxyl groups excluding tert-OH is 1. The molecule has 4 rings (SSSR count). The number of benzene rings is 1. The van der Waals surface area contributed by atoms with Crippen LogP contribution in [0, 0.1) is 0 Å². The van der Waals surface area contributed by atoms with Crippen LogP contribution in [0.2, 0.25) is 0 Å². The molecule has 5 heteroatoms. The smallest absolute Gasteiger partial charge is 0.132 e. The highest BCUT2D eigenvalue weighted by molar-refractivity contribution is 5.41. The third-order valence-electron chi connectivity index (χ3n) is 5.37. The van der Waals surface area contributed by atoms with Crippen LogP contribution < -0.4 is 4.90 Å². The van der Waals surface area contributed by atoms with Gasteiger partial charge in [-0.25, -0.2) is 9.97 Å². The Morgan fingerprint density at radius 1 is 1.00 bits per heavy atom. The van der Waals surface area contributed by atoms with Gasteiger partial charge in [0, 0.05) is 30.8 Å². The number of hydrogen-bond acceptors (Lipinski definition) is 5. The average Bonchev–Trinajstić information content (AvgIpc) is 2.59. The number of aliphatic hydroxyl groups is 1. The molecule has 2 fully saturated rings. The predicted octanol–water partition coefficient (Wildman–Crippen LogP) is 2.80. The average molecular weight is 325 g/mol. The van der Waals surface area contributed by atoms with E-state index >= 15 is 0 Å². The Hall–Kier alpha value is -2.14. The first-order chi connectivity index (χ1) is 11.7. The van der Waals surface area contributed by atoms with Crippen LogP contribution in [0.5, 0.6) is 5.75 Å². The van der Waals surface area contributed by atoms with E-state index in [-0.39, 0.29) is 6.10 Å². The second kappa shape index (κ2) is 6.40. The molecule has 0 amide bonds. The van der Waals surface area contributed by atoms with Crippen LogP contribution in [-0.4, -0.2) is 39.4 Å². The molecule has 0 spiro atoms. The van der Waals surface area contributed by atoms with Crippen LogP contribution in [0.1, 0.15) is 48.8 Å². The summed E-state index contributed by atoms with van der Waals surface area (Å²) in [5, 5.41) is 19.1. The fourth-order valence-electron chi connectivity index (χ4n) is 3.81. The first kappa shape index (κ1) is 15.4. The van der Waals surface area contributed by atoms with Crippen LogP contribution in [0.15, 0.2) is 36.7 Å². The summed E-state index contributed by atoms with van der Waals surface area (Å²) in [5.74, 6) is 2.22. The van der Waals surface area contributed by atoms with Crippen molar-refractivity contribution in [3.8, 4) is 5.75 Å². The monoisotopic (exact) mass is 325 g/mol. The van der Waals surface area contributed by atoms with Gasteiger partial charge in [0.2, 0.25) is 0 Å². The van der Waals surface area contributed by atoms with Gasteiger partial charge in [-0.1, -0.05) is 12.1 Å². The first-order valence-corrected chi connectivity index (χ1v) is 8.73. The molecule has 126 valence electrons. The van der Waals surface area contributed by atoms with E-state index in [1.54, 1.807) is 12.4 Å². The van der Waals surface area contributed by atoms with E-state index in [1.165, 1.54) is 5.56 Å². The van der Waals surface area contributed by atoms with Crippen LogP contribution in [-0.2, 0) is 0 Å². The molecule has 2 aromatic rings. The zero-order valence-electron chi connectivity index (χ0n) is 13.7. The number of phenols is 1. The van der Waals surface area contributed by atoms with Crippen molar-refractivity contribution in [2.24, 2.45) is 0 Å². The van der Waals surface area contributed by atoms with Crippen LogP contribution in [0.4, 0.5) is 5.82 Å². The van der Waals surface area contributed by atoms with Crippen LogP contribution in [0.25, 0.3) is 0 Å². The Bertz CT molecular complexity index is 707. The predicted molar refractivity (Wildman–Crippen MR) is 92.3 cm³/mol. The van der Waals surface area contributed by atoms with E-state index in [1.807, 2.05) is 12.1 Å². The summed E-state index contributed by atoms with van der Waals surface area (Å²) in [5.41, 5.74) is 2.28. The zero-order valence-corrected chi connectivity index (χ0v) is 13.7. The molecule has 1 aromatic heterocycles. The highest BCUT2D eigenvalue weighted by Gasteiger charge is 2.30. The molecule has 0 unspecified atom stereocenters. The summed E-state index contributed by atoms with van der Waals surface area (Å²) in [6.07, 6.45) is 5.24. The SMILES string of the molecule is Oc1cccc(C2CCN(c3cc(C4CC(O)C4)ncn3)CC2)c1. The van der Waals surface area contributed by atoms with E-state index in [0.717, 1.165) is 50.3 Å². The molecule has 0 radical (unpaired) electrons. The van der Waals surface area contributed by atoms with Crippen molar-refractivity contribution in [3.63, 3.8) is 0 Å². The molecule has 1 aromatic carbocycles. The van der Waals surface area contributed by atoms with E-state index in [4.69, 9.17) is 0 Å². The van der Waals surface area contributed by atoms with Gasteiger partial charge in [0.15, 0.2) is 0 Å². The lowest BCUT2D eigenvalue weighted by atomic mass is 9.80. The van der Waals surface area contributed by atoms with E-state index in [2.05, 4.69) is 27.0 Å². The number of hydrogen-bond donors (Lipinski definition) is 2. The standard InChI is InChI=1S/C19H23N3O2/c23-16-3-1-2-14(8-16)13-4-6-22(7-5-13)19-11-18(20-12-21-19)15-9-17(24)10-15/h1-3,8,11-13,15,17,23-24H,4-7,9-10H2. The highest BCUT2D eigenvalue weighted by atomic mass is 16.3. The number of phenolic OH excluding ortho intramolecular Hbond substituents is 1. The highest BCUT2D eigenvalue weighted by Crippen LogP contribution is 2.37. The molecule has 1 aliphatic carbocycles. The Labute approximate surface area is 142 Å². The Morgan fingerprint density at radius 2 is 1.79 bits per heavy atom. The maximum atomic E-state index is 9.66. The summed E-state index contributed by atoms with van der Waals surface area (Å²) < 4.78 is 0. The van der Waals surface area contributed by atoms with Crippen molar-refractivity contribution in [1.82, 2.24) is 9.97 Å². The topological polar surface area (TPSA) is 69.5 Å². The van der Waals surface area contributed by atoms with Crippen molar-refractivity contribution in [3.05, 3.63) is 47.9 Å². The normalized spacial score (nSPS) is 24.6. The summed E-state index contributed by atoms with van der Waals surface area (Å²) in [4.78, 5) is 11.2. The van der Waals surface area contributed by atoms with Crippen LogP contribution in [0.3, 0.4) is 0 Å². The van der Waals surface area contributed by atoms with Crippen molar-refractivity contribution < 1.29 is 10.2 Å². The molecular weight excluding hydrogens is 302 g/mol. The van der Waals surface area contributed by atoms with Crippen molar-refractivity contribution in [1.29, 1.82) is 0 Å². The minimum Gasteiger partial charge on any atom is -0.508 e. The first-order valence-electron chi connectivity index (χ1n) is 8.73. The molecule has 2 N–H and O–H groups in total. The van der Waals surface area contributed by atoms with Gasteiger partial charge in [0.05, 0.1) is 6.10 Å². The number of aromatic nitrogens is 2. The fourth-order valence-corrected chi connectivity index (χ4v) is 3.81. The van der Waals surface area contributed by atoms with Gasteiger partial charge in [-0.05, 0) is 49.3 Å². The number of anilines is 1. The van der Waals surface area contributed by atoms with E-state index < -0.39 is 0 Å². The second-order valence-corrected chi connectivity index (χ2v) is 6.98. The number of aromatic hydroxyl groups is 1. The number of rotatable bonds is 3. The lowest BCUT2D eigenvalue weighted by molar-refractivity contribution is 0.0732. The quantitative estimate of drug-likeness (QED) is 0.908. The third kappa shape index (κ3) is 3.08. The van der Waals surface area contributed by atoms with Gasteiger partial charge in [-0.2, -0.15) is 0 Å². The number of nitrogens with zero attached hydrogens (tertiary/aromatic N) is 3. The molecule has 2 aliphatic rings. The zero-order chi connectivity index (χ0) is 16.5. The van der Waals surface area contributed by atoms with Gasteiger partial charge < -0.3 is 15.1 Å². The molecular formula is C19H23N3O2. The lowest BCUT2D eigenvalue weighted by Crippen LogP contribution is -2.34. The van der Waals surface area contributed by atoms with Gasteiger partial charge >= 0.3 is 0 Å². The van der Waals surface area contributed by atoms with E-state index in [9.17, 15) is 10.2 Å². The molecule has 2 heterocycles. The maximum absolute atomic E-state index is 9.66. The molecule has 0 atom stereocenters. The summed E-state index contributed by atoms with van der Waals surface area (Å²) in [6.45, 7) is 1.92. The minimum atomic E-state index is -0.161. The van der Waals surface area contributed by atoms with Gasteiger partial charge in [-0.15, -0.1) is 0 Å². The van der Waals surface area contributed by atoms with Crippen molar-refractivity contribution in [2.75, 3.05) is 18.0 Å². The molecule has 1 aliphatic heterocycles. The van der Waals surface area contributed by atoms with Crippen molar-refractivity contribution in [2.45, 2.75) is 43.6 Å². The Kier molecular flexibility index (Phi) is 4.10. The summed E-state index contributed by atoms with van der Waals surface area (Å²) >= 11 is 0. The molecule has 1 saturated carbocycles. The third-order valence-corrected chi connectivity index (χ3v) is 5.37. The van der Waals surface area contributed by atoms with Gasteiger partial charge in [0.1, 0.15) is 17.9 Å². The largest absolute Gasteiger partial charge is 0.508 e. The molecule has 1 saturated heterocycles. The van der Waals surface area contributed by atoms with Crippen LogP contribution >= 0.6 is 0 Å². The molecule has 5 nitrogen and oxygen atoms in total. The fraction of sp³-hybridized carbons (Fsp3) is 0.474. The van der Waals surface area contributed by atoms with Crippen molar-refractivity contribution >= 4 is 5.82 Å².